The minimum Gasteiger partial charge on any atom is -0.491 e. The number of hydrogen-bond acceptors (Lipinski definition) is 3. The maximum atomic E-state index is 6.31. The van der Waals surface area contributed by atoms with E-state index < -0.39 is 0 Å². The first-order valence-electron chi connectivity index (χ1n) is 6.59. The molecule has 1 aromatic carbocycles. The summed E-state index contributed by atoms with van der Waals surface area (Å²) in [5.74, 6) is 0.887. The van der Waals surface area contributed by atoms with Crippen LogP contribution in [0.15, 0.2) is 24.3 Å². The van der Waals surface area contributed by atoms with Crippen molar-refractivity contribution >= 4 is 0 Å². The number of hydrogen-bond donors (Lipinski definition) is 2. The van der Waals surface area contributed by atoms with Crippen LogP contribution in [-0.4, -0.2) is 12.6 Å². The average Bonchev–Trinajstić information content (AvgIpc) is 2.28. The summed E-state index contributed by atoms with van der Waals surface area (Å²) in [5, 5.41) is 0. The third-order valence-electron chi connectivity index (χ3n) is 3.24. The van der Waals surface area contributed by atoms with E-state index in [9.17, 15) is 0 Å². The van der Waals surface area contributed by atoms with Gasteiger partial charge in [0.05, 0.1) is 6.10 Å². The van der Waals surface area contributed by atoms with Crippen LogP contribution < -0.4 is 16.2 Å². The zero-order valence-electron chi connectivity index (χ0n) is 11.9. The molecule has 3 nitrogen and oxygen atoms in total. The zero-order valence-corrected chi connectivity index (χ0v) is 11.9. The molecule has 0 aliphatic carbocycles. The van der Waals surface area contributed by atoms with Gasteiger partial charge in [-0.15, -0.1) is 0 Å². The Hall–Kier alpha value is -1.06. The van der Waals surface area contributed by atoms with E-state index in [2.05, 4.69) is 13.8 Å². The van der Waals surface area contributed by atoms with Crippen LogP contribution >= 0.6 is 0 Å². The van der Waals surface area contributed by atoms with E-state index >= 15 is 0 Å². The van der Waals surface area contributed by atoms with Crippen LogP contribution in [0.2, 0.25) is 0 Å². The minimum atomic E-state index is -0.00542. The van der Waals surface area contributed by atoms with Crippen molar-refractivity contribution in [2.75, 3.05) is 6.54 Å². The molecule has 0 bridgehead atoms. The fourth-order valence-corrected chi connectivity index (χ4v) is 2.00. The van der Waals surface area contributed by atoms with Crippen LogP contribution in [0.3, 0.4) is 0 Å². The minimum absolute atomic E-state index is 0.00542. The molecular weight excluding hydrogens is 224 g/mol. The summed E-state index contributed by atoms with van der Waals surface area (Å²) in [5.41, 5.74) is 13.1. The van der Waals surface area contributed by atoms with E-state index in [0.29, 0.717) is 6.54 Å². The van der Waals surface area contributed by atoms with Gasteiger partial charge in [0.1, 0.15) is 5.75 Å². The van der Waals surface area contributed by atoms with Gasteiger partial charge in [-0.05, 0) is 49.9 Å². The van der Waals surface area contributed by atoms with E-state index in [4.69, 9.17) is 16.2 Å². The lowest BCUT2D eigenvalue weighted by Crippen LogP contribution is -2.31. The predicted molar refractivity (Wildman–Crippen MR) is 76.6 cm³/mol. The Kier molecular flexibility index (Phi) is 5.17. The molecule has 0 amide bonds. The Morgan fingerprint density at radius 3 is 2.17 bits per heavy atom. The SMILES string of the molecule is CC(C)Oc1ccc(C(N)C(C)(C)CCN)cc1. The third-order valence-corrected chi connectivity index (χ3v) is 3.24. The summed E-state index contributed by atoms with van der Waals surface area (Å²) in [4.78, 5) is 0. The van der Waals surface area contributed by atoms with Gasteiger partial charge in [-0.25, -0.2) is 0 Å². The lowest BCUT2D eigenvalue weighted by atomic mass is 9.78. The number of nitrogens with two attached hydrogens (primary N) is 2. The van der Waals surface area contributed by atoms with Gasteiger partial charge in [0.15, 0.2) is 0 Å². The van der Waals surface area contributed by atoms with Crippen molar-refractivity contribution in [3.63, 3.8) is 0 Å². The lowest BCUT2D eigenvalue weighted by molar-refractivity contribution is 0.241. The highest BCUT2D eigenvalue weighted by Crippen LogP contribution is 2.34. The second kappa shape index (κ2) is 6.21. The molecule has 0 spiro atoms. The fourth-order valence-electron chi connectivity index (χ4n) is 2.00. The van der Waals surface area contributed by atoms with Crippen LogP contribution in [0.1, 0.15) is 45.7 Å². The quantitative estimate of drug-likeness (QED) is 0.816. The molecule has 0 heterocycles. The van der Waals surface area contributed by atoms with E-state index in [1.807, 2.05) is 38.1 Å². The first kappa shape index (κ1) is 15.0. The van der Waals surface area contributed by atoms with E-state index in [0.717, 1.165) is 17.7 Å². The van der Waals surface area contributed by atoms with Crippen molar-refractivity contribution in [1.29, 1.82) is 0 Å². The Bertz CT molecular complexity index is 357. The maximum Gasteiger partial charge on any atom is 0.119 e. The van der Waals surface area contributed by atoms with Crippen LogP contribution in [-0.2, 0) is 0 Å². The van der Waals surface area contributed by atoms with Gasteiger partial charge in [-0.1, -0.05) is 26.0 Å². The molecule has 4 N–H and O–H groups in total. The summed E-state index contributed by atoms with van der Waals surface area (Å²) in [7, 11) is 0. The molecule has 1 unspecified atom stereocenters. The van der Waals surface area contributed by atoms with Gasteiger partial charge in [0.25, 0.3) is 0 Å². The van der Waals surface area contributed by atoms with E-state index in [-0.39, 0.29) is 17.6 Å². The molecule has 0 radical (unpaired) electrons. The highest BCUT2D eigenvalue weighted by molar-refractivity contribution is 5.30. The second-order valence-electron chi connectivity index (χ2n) is 5.74. The van der Waals surface area contributed by atoms with Crippen LogP contribution in [0, 0.1) is 5.41 Å². The van der Waals surface area contributed by atoms with Crippen molar-refractivity contribution in [2.45, 2.75) is 46.3 Å². The molecule has 18 heavy (non-hydrogen) atoms. The summed E-state index contributed by atoms with van der Waals surface area (Å²) >= 11 is 0. The topological polar surface area (TPSA) is 61.3 Å². The standard InChI is InChI=1S/C15H26N2O/c1-11(2)18-13-7-5-12(6-8-13)14(17)15(3,4)9-10-16/h5-8,11,14H,9-10,16-17H2,1-4H3. The highest BCUT2D eigenvalue weighted by atomic mass is 16.5. The van der Waals surface area contributed by atoms with E-state index in [1.54, 1.807) is 0 Å². The van der Waals surface area contributed by atoms with Gasteiger partial charge < -0.3 is 16.2 Å². The monoisotopic (exact) mass is 250 g/mol. The molecule has 1 atom stereocenters. The maximum absolute atomic E-state index is 6.31. The van der Waals surface area contributed by atoms with Crippen molar-refractivity contribution < 1.29 is 4.74 Å². The largest absolute Gasteiger partial charge is 0.491 e. The highest BCUT2D eigenvalue weighted by Gasteiger charge is 2.26. The number of benzene rings is 1. The molecule has 0 fully saturated rings. The molecular formula is C15H26N2O. The smallest absolute Gasteiger partial charge is 0.119 e. The van der Waals surface area contributed by atoms with Crippen LogP contribution in [0.5, 0.6) is 5.75 Å². The molecule has 0 aromatic heterocycles. The molecule has 0 aliphatic heterocycles. The summed E-state index contributed by atoms with van der Waals surface area (Å²) < 4.78 is 5.62. The van der Waals surface area contributed by atoms with Crippen molar-refractivity contribution in [2.24, 2.45) is 16.9 Å². The predicted octanol–water partition coefficient (Wildman–Crippen LogP) is 2.85. The van der Waals surface area contributed by atoms with Crippen LogP contribution in [0.4, 0.5) is 0 Å². The third kappa shape index (κ3) is 4.00. The van der Waals surface area contributed by atoms with Gasteiger partial charge >= 0.3 is 0 Å². The Balaban J connectivity index is 2.78. The molecule has 1 rings (SSSR count). The molecule has 1 aromatic rings. The molecule has 0 saturated heterocycles. The van der Waals surface area contributed by atoms with Crippen molar-refractivity contribution in [3.05, 3.63) is 29.8 Å². The van der Waals surface area contributed by atoms with Gasteiger partial charge in [0.2, 0.25) is 0 Å². The molecule has 0 aliphatic rings. The molecule has 3 heteroatoms. The second-order valence-corrected chi connectivity index (χ2v) is 5.74. The van der Waals surface area contributed by atoms with Crippen molar-refractivity contribution in [3.8, 4) is 5.75 Å². The summed E-state index contributed by atoms with van der Waals surface area (Å²) in [6.45, 7) is 9.01. The fraction of sp³-hybridized carbons (Fsp3) is 0.600. The van der Waals surface area contributed by atoms with E-state index in [1.165, 1.54) is 0 Å². The normalized spacial score (nSPS) is 13.7. The van der Waals surface area contributed by atoms with Gasteiger partial charge in [0, 0.05) is 6.04 Å². The number of ether oxygens (including phenoxy) is 1. The Morgan fingerprint density at radius 1 is 1.17 bits per heavy atom. The molecule has 0 saturated carbocycles. The van der Waals surface area contributed by atoms with Crippen LogP contribution in [0.25, 0.3) is 0 Å². The Morgan fingerprint density at radius 2 is 1.72 bits per heavy atom. The number of rotatable bonds is 6. The molecule has 102 valence electrons. The lowest BCUT2D eigenvalue weighted by Gasteiger charge is -2.31. The summed E-state index contributed by atoms with van der Waals surface area (Å²) in [6.07, 6.45) is 1.11. The average molecular weight is 250 g/mol. The first-order chi connectivity index (χ1) is 8.36. The van der Waals surface area contributed by atoms with Gasteiger partial charge in [-0.2, -0.15) is 0 Å². The Labute approximate surface area is 111 Å². The van der Waals surface area contributed by atoms with Crippen molar-refractivity contribution in [1.82, 2.24) is 0 Å². The first-order valence-corrected chi connectivity index (χ1v) is 6.59. The zero-order chi connectivity index (χ0) is 13.8. The van der Waals surface area contributed by atoms with Gasteiger partial charge in [-0.3, -0.25) is 0 Å². The summed E-state index contributed by atoms with van der Waals surface area (Å²) in [6, 6.07) is 8.04.